The van der Waals surface area contributed by atoms with E-state index in [1.54, 1.807) is 6.20 Å². The van der Waals surface area contributed by atoms with E-state index in [1.165, 1.54) is 12.4 Å². The third-order valence-corrected chi connectivity index (χ3v) is 6.04. The molecule has 0 saturated heterocycles. The van der Waals surface area contributed by atoms with Crippen molar-refractivity contribution >= 4 is 11.8 Å². The molecule has 0 aliphatic heterocycles. The van der Waals surface area contributed by atoms with Gasteiger partial charge in [-0.2, -0.15) is 10.3 Å². The Bertz CT molecular complexity index is 1400. The van der Waals surface area contributed by atoms with Gasteiger partial charge in [-0.25, -0.2) is 9.97 Å². The van der Waals surface area contributed by atoms with Crippen LogP contribution in [0.3, 0.4) is 0 Å². The second-order valence-corrected chi connectivity index (χ2v) is 9.65. The number of carbonyl (C=O) groups excluding carboxylic acids is 2. The maximum Gasteiger partial charge on any atom is 0.270 e. The van der Waals surface area contributed by atoms with Crippen LogP contribution in [0.25, 0.3) is 11.4 Å². The number of nitrogens with zero attached hydrogens (tertiary/aromatic N) is 7. The molecule has 3 aromatic heterocycles. The summed E-state index contributed by atoms with van der Waals surface area (Å²) in [4.78, 5) is 33.7. The summed E-state index contributed by atoms with van der Waals surface area (Å²) in [7, 11) is 0. The molecule has 0 spiro atoms. The van der Waals surface area contributed by atoms with Gasteiger partial charge < -0.3 is 10.6 Å². The minimum absolute atomic E-state index is 0.120. The zero-order valence-electron chi connectivity index (χ0n) is 20.2. The summed E-state index contributed by atoms with van der Waals surface area (Å²) in [5.41, 5.74) is 4.01. The molecule has 2 amide bonds. The molecule has 0 unspecified atom stereocenters. The number of H-pyrrole nitrogens is 1. The van der Waals surface area contributed by atoms with Gasteiger partial charge in [-0.3, -0.25) is 14.3 Å². The van der Waals surface area contributed by atoms with Crippen molar-refractivity contribution in [2.24, 2.45) is 0 Å². The van der Waals surface area contributed by atoms with Gasteiger partial charge in [0.2, 0.25) is 5.82 Å². The molecule has 12 nitrogen and oxygen atoms in total. The van der Waals surface area contributed by atoms with E-state index < -0.39 is 5.91 Å². The largest absolute Gasteiger partial charge is 0.347 e. The standard InChI is InChI=1S/C24H26N10O2/c1-24(2,3)34-12-14(11-28-34)10-25-22(35)19-9-20(27-13-26-19)23(36)29-18-7-5-15-8-16(4-6-17(15)18)21-30-32-33-31-21/h4,6,8-9,11-13,18H,5,7,10H2,1-3H3,(H,25,35)(H,29,36)(H,30,31,32,33)/t18-/m1/s1. The molecule has 0 saturated carbocycles. The number of nitrogens with one attached hydrogen (secondary N) is 3. The highest BCUT2D eigenvalue weighted by atomic mass is 16.2. The minimum atomic E-state index is -0.393. The molecule has 184 valence electrons. The monoisotopic (exact) mass is 486 g/mol. The van der Waals surface area contributed by atoms with Crippen LogP contribution < -0.4 is 10.6 Å². The first-order valence-electron chi connectivity index (χ1n) is 11.6. The zero-order valence-corrected chi connectivity index (χ0v) is 20.2. The Labute approximate surface area is 206 Å². The maximum absolute atomic E-state index is 12.9. The van der Waals surface area contributed by atoms with Crippen LogP contribution in [0.15, 0.2) is 43.0 Å². The lowest BCUT2D eigenvalue weighted by Gasteiger charge is -2.18. The molecule has 5 rings (SSSR count). The Hall–Kier alpha value is -4.48. The Morgan fingerprint density at radius 2 is 1.94 bits per heavy atom. The van der Waals surface area contributed by atoms with Crippen LogP contribution in [0.1, 0.15) is 70.9 Å². The van der Waals surface area contributed by atoms with Crippen LogP contribution in [0.4, 0.5) is 0 Å². The summed E-state index contributed by atoms with van der Waals surface area (Å²) in [5.74, 6) is -0.228. The van der Waals surface area contributed by atoms with Crippen molar-refractivity contribution < 1.29 is 9.59 Å². The number of aromatic amines is 1. The number of hydrogen-bond donors (Lipinski definition) is 3. The van der Waals surface area contributed by atoms with Gasteiger partial charge >= 0.3 is 0 Å². The second-order valence-electron chi connectivity index (χ2n) is 9.65. The molecule has 3 heterocycles. The molecule has 4 aromatic rings. The van der Waals surface area contributed by atoms with E-state index in [4.69, 9.17) is 0 Å². The number of benzene rings is 1. The summed E-state index contributed by atoms with van der Waals surface area (Å²) in [6, 6.07) is 7.15. The van der Waals surface area contributed by atoms with Crippen molar-refractivity contribution in [3.05, 3.63) is 71.1 Å². The molecule has 1 aromatic carbocycles. The Balaban J connectivity index is 1.22. The Morgan fingerprint density at radius 1 is 1.14 bits per heavy atom. The van der Waals surface area contributed by atoms with Crippen molar-refractivity contribution in [2.45, 2.75) is 51.7 Å². The highest BCUT2D eigenvalue weighted by Gasteiger charge is 2.26. The third kappa shape index (κ3) is 4.83. The number of carbonyl (C=O) groups is 2. The average molecular weight is 487 g/mol. The van der Waals surface area contributed by atoms with Gasteiger partial charge in [0.15, 0.2) is 0 Å². The number of hydrogen-bond acceptors (Lipinski definition) is 8. The van der Waals surface area contributed by atoms with E-state index in [9.17, 15) is 9.59 Å². The lowest BCUT2D eigenvalue weighted by atomic mass is 10.0. The minimum Gasteiger partial charge on any atom is -0.347 e. The SMILES string of the molecule is CC(C)(C)n1cc(CNC(=O)c2cc(C(=O)N[C@@H]3CCc4cc(-c5nn[nH]n5)ccc43)ncn2)cn1. The van der Waals surface area contributed by atoms with Gasteiger partial charge in [-0.1, -0.05) is 12.1 Å². The number of amides is 2. The van der Waals surface area contributed by atoms with Gasteiger partial charge in [0.25, 0.3) is 11.8 Å². The lowest BCUT2D eigenvalue weighted by Crippen LogP contribution is -2.29. The van der Waals surface area contributed by atoms with Gasteiger partial charge in [-0.05, 0) is 56.0 Å². The van der Waals surface area contributed by atoms with Crippen molar-refractivity contribution in [2.75, 3.05) is 0 Å². The summed E-state index contributed by atoms with van der Waals surface area (Å²) in [5, 5.41) is 24.3. The molecular weight excluding hydrogens is 460 g/mol. The zero-order chi connectivity index (χ0) is 25.3. The molecule has 3 N–H and O–H groups in total. The summed E-state index contributed by atoms with van der Waals surface area (Å²) in [6.45, 7) is 6.44. The van der Waals surface area contributed by atoms with E-state index in [2.05, 4.69) is 46.3 Å². The van der Waals surface area contributed by atoms with E-state index >= 15 is 0 Å². The molecule has 1 aliphatic carbocycles. The highest BCUT2D eigenvalue weighted by molar-refractivity contribution is 5.97. The fraction of sp³-hybridized carbons (Fsp3) is 0.333. The quantitative estimate of drug-likeness (QED) is 0.373. The summed E-state index contributed by atoms with van der Waals surface area (Å²) in [6.07, 6.45) is 6.41. The van der Waals surface area contributed by atoms with Crippen LogP contribution in [0.5, 0.6) is 0 Å². The maximum atomic E-state index is 12.9. The molecule has 12 heteroatoms. The van der Waals surface area contributed by atoms with Crippen LogP contribution in [-0.4, -0.2) is 52.2 Å². The molecular formula is C24H26N10O2. The Morgan fingerprint density at radius 3 is 2.67 bits per heavy atom. The van der Waals surface area contributed by atoms with Crippen LogP contribution in [0.2, 0.25) is 0 Å². The summed E-state index contributed by atoms with van der Waals surface area (Å²) < 4.78 is 1.84. The van der Waals surface area contributed by atoms with Crippen LogP contribution in [0, 0.1) is 0 Å². The average Bonchev–Trinajstić information content (AvgIpc) is 3.63. The van der Waals surface area contributed by atoms with Crippen molar-refractivity contribution in [1.29, 1.82) is 0 Å². The molecule has 1 aliphatic rings. The van der Waals surface area contributed by atoms with E-state index in [1.807, 2.05) is 49.8 Å². The number of rotatable bonds is 6. The first kappa shape index (κ1) is 23.3. The predicted molar refractivity (Wildman–Crippen MR) is 129 cm³/mol. The van der Waals surface area contributed by atoms with E-state index in [0.717, 1.165) is 35.1 Å². The third-order valence-electron chi connectivity index (χ3n) is 6.04. The van der Waals surface area contributed by atoms with E-state index in [-0.39, 0.29) is 28.9 Å². The van der Waals surface area contributed by atoms with Gasteiger partial charge in [0.1, 0.15) is 17.7 Å². The Kier molecular flexibility index (Phi) is 6.00. The first-order chi connectivity index (χ1) is 17.3. The molecule has 0 radical (unpaired) electrons. The van der Waals surface area contributed by atoms with Gasteiger partial charge in [0.05, 0.1) is 17.8 Å². The number of aromatic nitrogens is 8. The topological polar surface area (TPSA) is 156 Å². The predicted octanol–water partition coefficient (Wildman–Crippen LogP) is 1.96. The van der Waals surface area contributed by atoms with Crippen LogP contribution in [-0.2, 0) is 18.5 Å². The molecule has 36 heavy (non-hydrogen) atoms. The highest BCUT2D eigenvalue weighted by Crippen LogP contribution is 2.33. The number of aryl methyl sites for hydroxylation is 1. The van der Waals surface area contributed by atoms with Gasteiger partial charge in [0, 0.05) is 29.9 Å². The second kappa shape index (κ2) is 9.29. The molecule has 1 atom stereocenters. The smallest absolute Gasteiger partial charge is 0.270 e. The van der Waals surface area contributed by atoms with Gasteiger partial charge in [-0.15, -0.1) is 10.2 Å². The van der Waals surface area contributed by atoms with Crippen LogP contribution >= 0.6 is 0 Å². The number of fused-ring (bicyclic) bond motifs is 1. The molecule has 0 fully saturated rings. The molecule has 0 bridgehead atoms. The fourth-order valence-electron chi connectivity index (χ4n) is 4.12. The van der Waals surface area contributed by atoms with E-state index in [0.29, 0.717) is 12.4 Å². The van der Waals surface area contributed by atoms with Crippen molar-refractivity contribution in [3.63, 3.8) is 0 Å². The van der Waals surface area contributed by atoms with Crippen molar-refractivity contribution in [3.8, 4) is 11.4 Å². The summed E-state index contributed by atoms with van der Waals surface area (Å²) >= 11 is 0. The lowest BCUT2D eigenvalue weighted by molar-refractivity contribution is 0.0931. The first-order valence-corrected chi connectivity index (χ1v) is 11.6. The fourth-order valence-corrected chi connectivity index (χ4v) is 4.12. The van der Waals surface area contributed by atoms with Crippen molar-refractivity contribution in [1.82, 2.24) is 51.0 Å². The normalized spacial score (nSPS) is 14.9. The number of tetrazole rings is 1.